The third kappa shape index (κ3) is 5.66. The highest BCUT2D eigenvalue weighted by Gasteiger charge is 2.23. The largest absolute Gasteiger partial charge is 0.341 e. The Labute approximate surface area is 145 Å². The lowest BCUT2D eigenvalue weighted by Gasteiger charge is -2.30. The maximum atomic E-state index is 12.4. The molecule has 0 saturated heterocycles. The van der Waals surface area contributed by atoms with Crippen molar-refractivity contribution < 1.29 is 9.59 Å². The van der Waals surface area contributed by atoms with Gasteiger partial charge in [0.05, 0.1) is 0 Å². The molecule has 1 aromatic rings. The summed E-state index contributed by atoms with van der Waals surface area (Å²) in [6, 6.07) is 10.3. The van der Waals surface area contributed by atoms with Crippen LogP contribution in [-0.4, -0.2) is 41.2 Å². The number of benzene rings is 1. The summed E-state index contributed by atoms with van der Waals surface area (Å²) >= 11 is 0. The van der Waals surface area contributed by atoms with Gasteiger partial charge in [-0.15, -0.1) is 0 Å². The van der Waals surface area contributed by atoms with E-state index in [9.17, 15) is 9.59 Å². The number of carbonyl (C=O) groups is 2. The number of hydrogen-bond acceptors (Lipinski definition) is 2. The Morgan fingerprint density at radius 3 is 2.25 bits per heavy atom. The molecule has 2 rings (SSSR count). The molecular formula is C20H30N2O2. The average Bonchev–Trinajstić information content (AvgIpc) is 2.84. The van der Waals surface area contributed by atoms with Crippen LogP contribution in [-0.2, 0) is 16.1 Å². The second kappa shape index (κ2) is 9.45. The van der Waals surface area contributed by atoms with Crippen molar-refractivity contribution in [2.75, 3.05) is 13.6 Å². The molecule has 1 aliphatic carbocycles. The summed E-state index contributed by atoms with van der Waals surface area (Å²) in [7, 11) is 1.83. The maximum Gasteiger partial charge on any atom is 0.224 e. The van der Waals surface area contributed by atoms with Crippen molar-refractivity contribution >= 4 is 11.8 Å². The molecule has 0 atom stereocenters. The lowest BCUT2D eigenvalue weighted by Crippen LogP contribution is -2.41. The second-order valence-corrected chi connectivity index (χ2v) is 6.84. The van der Waals surface area contributed by atoms with Gasteiger partial charge in [0.2, 0.25) is 11.8 Å². The van der Waals surface area contributed by atoms with Crippen LogP contribution >= 0.6 is 0 Å². The predicted molar refractivity (Wildman–Crippen MR) is 96.4 cm³/mol. The number of hydrogen-bond donors (Lipinski definition) is 0. The third-order valence-corrected chi connectivity index (χ3v) is 4.92. The molecule has 0 bridgehead atoms. The summed E-state index contributed by atoms with van der Waals surface area (Å²) in [5, 5.41) is 0. The lowest BCUT2D eigenvalue weighted by atomic mass is 10.1. The van der Waals surface area contributed by atoms with E-state index in [-0.39, 0.29) is 11.8 Å². The van der Waals surface area contributed by atoms with Crippen molar-refractivity contribution in [3.8, 4) is 0 Å². The Bertz CT molecular complexity index is 522. The van der Waals surface area contributed by atoms with Crippen LogP contribution < -0.4 is 0 Å². The fraction of sp³-hybridized carbons (Fsp3) is 0.600. The Morgan fingerprint density at radius 2 is 1.67 bits per heavy atom. The van der Waals surface area contributed by atoms with Crippen molar-refractivity contribution in [1.82, 2.24) is 9.80 Å². The van der Waals surface area contributed by atoms with Gasteiger partial charge in [-0.1, -0.05) is 56.0 Å². The Kier molecular flexibility index (Phi) is 7.29. The lowest BCUT2D eigenvalue weighted by molar-refractivity contribution is -0.134. The quantitative estimate of drug-likeness (QED) is 0.748. The molecule has 0 aliphatic heterocycles. The first-order valence-corrected chi connectivity index (χ1v) is 9.13. The minimum Gasteiger partial charge on any atom is -0.341 e. The molecule has 4 nitrogen and oxygen atoms in total. The molecule has 0 radical (unpaired) electrons. The SMILES string of the molecule is CC(=O)N(CCC(=O)N(C)Cc1ccccc1)C1CCCCCC1. The molecule has 4 heteroatoms. The smallest absolute Gasteiger partial charge is 0.224 e. The molecule has 0 aromatic heterocycles. The van der Waals surface area contributed by atoms with Gasteiger partial charge in [0, 0.05) is 39.5 Å². The Hall–Kier alpha value is -1.84. The monoisotopic (exact) mass is 330 g/mol. The number of amides is 2. The first-order chi connectivity index (χ1) is 11.6. The van der Waals surface area contributed by atoms with E-state index < -0.39 is 0 Å². The summed E-state index contributed by atoms with van der Waals surface area (Å²) < 4.78 is 0. The van der Waals surface area contributed by atoms with E-state index >= 15 is 0 Å². The molecule has 0 heterocycles. The molecule has 1 saturated carbocycles. The summed E-state index contributed by atoms with van der Waals surface area (Å²) in [5.41, 5.74) is 1.13. The number of carbonyl (C=O) groups excluding carboxylic acids is 2. The third-order valence-electron chi connectivity index (χ3n) is 4.92. The molecule has 1 aliphatic rings. The average molecular weight is 330 g/mol. The van der Waals surface area contributed by atoms with Crippen molar-refractivity contribution in [1.29, 1.82) is 0 Å². The van der Waals surface area contributed by atoms with Crippen molar-refractivity contribution in [3.05, 3.63) is 35.9 Å². The van der Waals surface area contributed by atoms with Crippen LogP contribution in [0.5, 0.6) is 0 Å². The Morgan fingerprint density at radius 1 is 1.04 bits per heavy atom. The molecule has 0 unspecified atom stereocenters. The highest BCUT2D eigenvalue weighted by atomic mass is 16.2. The molecule has 1 aromatic carbocycles. The molecule has 2 amide bonds. The standard InChI is InChI=1S/C20H30N2O2/c1-17(23)22(19-12-8-3-4-9-13-19)15-14-20(24)21(2)16-18-10-6-5-7-11-18/h5-7,10-11,19H,3-4,8-9,12-16H2,1-2H3. The number of nitrogens with zero attached hydrogens (tertiary/aromatic N) is 2. The predicted octanol–water partition coefficient (Wildman–Crippen LogP) is 3.61. The van der Waals surface area contributed by atoms with Crippen molar-refractivity contribution in [3.63, 3.8) is 0 Å². The summed E-state index contributed by atoms with van der Waals surface area (Å²) in [5.74, 6) is 0.194. The maximum absolute atomic E-state index is 12.4. The fourth-order valence-corrected chi connectivity index (χ4v) is 3.52. The molecule has 1 fully saturated rings. The van der Waals surface area contributed by atoms with E-state index in [4.69, 9.17) is 0 Å². The first-order valence-electron chi connectivity index (χ1n) is 9.13. The van der Waals surface area contributed by atoms with E-state index in [1.165, 1.54) is 25.7 Å². The van der Waals surface area contributed by atoms with Crippen LogP contribution in [0, 0.1) is 0 Å². The van der Waals surface area contributed by atoms with E-state index in [1.54, 1.807) is 11.8 Å². The first kappa shape index (κ1) is 18.5. The van der Waals surface area contributed by atoms with Gasteiger partial charge in [0.25, 0.3) is 0 Å². The molecule has 24 heavy (non-hydrogen) atoms. The van der Waals surface area contributed by atoms with E-state index in [1.807, 2.05) is 42.3 Å². The highest BCUT2D eigenvalue weighted by Crippen LogP contribution is 2.22. The zero-order valence-corrected chi connectivity index (χ0v) is 15.0. The van der Waals surface area contributed by atoms with Crippen LogP contribution in [0.2, 0.25) is 0 Å². The normalized spacial score (nSPS) is 15.6. The van der Waals surface area contributed by atoms with Gasteiger partial charge in [-0.2, -0.15) is 0 Å². The van der Waals surface area contributed by atoms with E-state index in [0.717, 1.165) is 18.4 Å². The zero-order chi connectivity index (χ0) is 17.4. The van der Waals surface area contributed by atoms with Crippen LogP contribution in [0.4, 0.5) is 0 Å². The summed E-state index contributed by atoms with van der Waals surface area (Å²) in [6.45, 7) is 2.78. The van der Waals surface area contributed by atoms with Crippen LogP contribution in [0.1, 0.15) is 57.4 Å². The fourth-order valence-electron chi connectivity index (χ4n) is 3.52. The van der Waals surface area contributed by atoms with Gasteiger partial charge >= 0.3 is 0 Å². The second-order valence-electron chi connectivity index (χ2n) is 6.84. The molecule has 132 valence electrons. The van der Waals surface area contributed by atoms with Crippen molar-refractivity contribution in [2.24, 2.45) is 0 Å². The molecule has 0 N–H and O–H groups in total. The van der Waals surface area contributed by atoms with Gasteiger partial charge in [-0.3, -0.25) is 9.59 Å². The molecular weight excluding hydrogens is 300 g/mol. The van der Waals surface area contributed by atoms with Gasteiger partial charge in [-0.05, 0) is 18.4 Å². The molecule has 0 spiro atoms. The minimum absolute atomic E-state index is 0.0960. The van der Waals surface area contributed by atoms with Crippen LogP contribution in [0.3, 0.4) is 0 Å². The van der Waals surface area contributed by atoms with Gasteiger partial charge < -0.3 is 9.80 Å². The van der Waals surface area contributed by atoms with Gasteiger partial charge in [0.1, 0.15) is 0 Å². The Balaban J connectivity index is 1.86. The van der Waals surface area contributed by atoms with Crippen LogP contribution in [0.15, 0.2) is 30.3 Å². The van der Waals surface area contributed by atoms with Crippen molar-refractivity contribution in [2.45, 2.75) is 64.5 Å². The summed E-state index contributed by atoms with van der Waals surface area (Å²) in [4.78, 5) is 28.1. The van der Waals surface area contributed by atoms with Gasteiger partial charge in [0.15, 0.2) is 0 Å². The summed E-state index contributed by atoms with van der Waals surface area (Å²) in [6.07, 6.45) is 7.47. The van der Waals surface area contributed by atoms with Crippen LogP contribution in [0.25, 0.3) is 0 Å². The van der Waals surface area contributed by atoms with E-state index in [2.05, 4.69) is 0 Å². The topological polar surface area (TPSA) is 40.6 Å². The van der Waals surface area contributed by atoms with E-state index in [0.29, 0.717) is 25.6 Å². The minimum atomic E-state index is 0.0960. The van der Waals surface area contributed by atoms with Gasteiger partial charge in [-0.25, -0.2) is 0 Å². The highest BCUT2D eigenvalue weighted by molar-refractivity contribution is 5.78. The number of rotatable bonds is 6. The zero-order valence-electron chi connectivity index (χ0n) is 15.0.